The Bertz CT molecular complexity index is 482. The quantitative estimate of drug-likeness (QED) is 0.859. The normalized spacial score (nSPS) is 24.7. The maximum absolute atomic E-state index is 13.3. The SMILES string of the molecule is COCc1noc([C@@H]2CN(C(C)(C)C)C[C@H]2C(F)(F)F)n1. The van der Waals surface area contributed by atoms with Gasteiger partial charge in [-0.3, -0.25) is 4.90 Å². The Hall–Kier alpha value is -1.15. The maximum Gasteiger partial charge on any atom is 0.393 e. The van der Waals surface area contributed by atoms with Crippen LogP contribution in [0.15, 0.2) is 4.52 Å². The van der Waals surface area contributed by atoms with Gasteiger partial charge in [0.05, 0.1) is 11.8 Å². The molecule has 1 saturated heterocycles. The summed E-state index contributed by atoms with van der Waals surface area (Å²) in [6.45, 7) is 6.00. The number of methoxy groups -OCH3 is 1. The van der Waals surface area contributed by atoms with Crippen LogP contribution in [-0.4, -0.2) is 47.0 Å². The molecule has 0 spiro atoms. The predicted octanol–water partition coefficient (Wildman–Crippen LogP) is 2.59. The fraction of sp³-hybridized carbons (Fsp3) is 0.846. The van der Waals surface area contributed by atoms with Crippen molar-refractivity contribution in [2.45, 2.75) is 45.0 Å². The first-order valence-corrected chi connectivity index (χ1v) is 6.76. The molecule has 0 unspecified atom stereocenters. The first-order valence-electron chi connectivity index (χ1n) is 6.76. The van der Waals surface area contributed by atoms with Crippen LogP contribution in [0.25, 0.3) is 0 Å². The van der Waals surface area contributed by atoms with Crippen LogP contribution < -0.4 is 0 Å². The van der Waals surface area contributed by atoms with Gasteiger partial charge in [0.1, 0.15) is 6.61 Å². The monoisotopic (exact) mass is 307 g/mol. The van der Waals surface area contributed by atoms with E-state index in [9.17, 15) is 13.2 Å². The first-order chi connectivity index (χ1) is 9.63. The van der Waals surface area contributed by atoms with E-state index >= 15 is 0 Å². The summed E-state index contributed by atoms with van der Waals surface area (Å²) >= 11 is 0. The van der Waals surface area contributed by atoms with Gasteiger partial charge in [0, 0.05) is 25.7 Å². The number of ether oxygens (including phenoxy) is 1. The topological polar surface area (TPSA) is 51.4 Å². The molecule has 0 N–H and O–H groups in total. The van der Waals surface area contributed by atoms with Gasteiger partial charge in [0.25, 0.3) is 0 Å². The van der Waals surface area contributed by atoms with Crippen molar-refractivity contribution in [2.24, 2.45) is 5.92 Å². The summed E-state index contributed by atoms with van der Waals surface area (Å²) in [7, 11) is 1.46. The van der Waals surface area contributed by atoms with Crippen LogP contribution in [0, 0.1) is 5.92 Å². The van der Waals surface area contributed by atoms with E-state index in [0.717, 1.165) is 0 Å². The van der Waals surface area contributed by atoms with E-state index in [0.29, 0.717) is 0 Å². The lowest BCUT2D eigenvalue weighted by atomic mass is 9.95. The van der Waals surface area contributed by atoms with E-state index in [-0.39, 0.29) is 37.0 Å². The van der Waals surface area contributed by atoms with Crippen LogP contribution in [0.5, 0.6) is 0 Å². The zero-order valence-corrected chi connectivity index (χ0v) is 12.6. The molecule has 0 amide bonds. The van der Waals surface area contributed by atoms with Crippen molar-refractivity contribution in [3.05, 3.63) is 11.7 Å². The molecule has 2 heterocycles. The molecular formula is C13H20F3N3O2. The minimum Gasteiger partial charge on any atom is -0.377 e. The second-order valence-corrected chi connectivity index (χ2v) is 6.31. The van der Waals surface area contributed by atoms with Crippen molar-refractivity contribution in [3.63, 3.8) is 0 Å². The number of aromatic nitrogens is 2. The Labute approximate surface area is 121 Å². The van der Waals surface area contributed by atoms with E-state index in [4.69, 9.17) is 9.26 Å². The van der Waals surface area contributed by atoms with Gasteiger partial charge in [-0.15, -0.1) is 0 Å². The third-order valence-corrected chi connectivity index (χ3v) is 3.76. The lowest BCUT2D eigenvalue weighted by molar-refractivity contribution is -0.176. The Morgan fingerprint density at radius 1 is 1.29 bits per heavy atom. The van der Waals surface area contributed by atoms with Gasteiger partial charge in [0.2, 0.25) is 5.89 Å². The zero-order valence-electron chi connectivity index (χ0n) is 12.6. The van der Waals surface area contributed by atoms with E-state index in [2.05, 4.69) is 10.1 Å². The number of nitrogens with zero attached hydrogens (tertiary/aromatic N) is 3. The van der Waals surface area contributed by atoms with Crippen molar-refractivity contribution in [2.75, 3.05) is 20.2 Å². The standard InChI is InChI=1S/C13H20F3N3O2/c1-12(2,3)19-5-8(9(6-19)13(14,15)16)11-17-10(7-20-4)18-21-11/h8-9H,5-7H2,1-4H3/t8-,9-/m1/s1. The lowest BCUT2D eigenvalue weighted by Gasteiger charge is -2.31. The second kappa shape index (κ2) is 5.57. The molecule has 8 heteroatoms. The van der Waals surface area contributed by atoms with Crippen molar-refractivity contribution in [3.8, 4) is 0 Å². The number of hydrogen-bond acceptors (Lipinski definition) is 5. The molecule has 1 aliphatic heterocycles. The van der Waals surface area contributed by atoms with E-state index in [1.165, 1.54) is 7.11 Å². The Kier molecular flexibility index (Phi) is 4.30. The van der Waals surface area contributed by atoms with Crippen LogP contribution in [-0.2, 0) is 11.3 Å². The number of rotatable bonds is 3. The molecule has 21 heavy (non-hydrogen) atoms. The highest BCUT2D eigenvalue weighted by molar-refractivity contribution is 5.06. The molecule has 1 aliphatic rings. The number of hydrogen-bond donors (Lipinski definition) is 0. The van der Waals surface area contributed by atoms with Crippen molar-refractivity contribution in [1.29, 1.82) is 0 Å². The predicted molar refractivity (Wildman–Crippen MR) is 68.6 cm³/mol. The van der Waals surface area contributed by atoms with E-state index < -0.39 is 18.0 Å². The lowest BCUT2D eigenvalue weighted by Crippen LogP contribution is -2.40. The highest BCUT2D eigenvalue weighted by Crippen LogP contribution is 2.44. The molecule has 0 saturated carbocycles. The number of alkyl halides is 3. The summed E-state index contributed by atoms with van der Waals surface area (Å²) in [6, 6.07) is 0. The Morgan fingerprint density at radius 3 is 2.48 bits per heavy atom. The Balaban J connectivity index is 2.25. The first kappa shape index (κ1) is 16.2. The maximum atomic E-state index is 13.3. The number of likely N-dealkylation sites (tertiary alicyclic amines) is 1. The largest absolute Gasteiger partial charge is 0.393 e. The molecule has 5 nitrogen and oxygen atoms in total. The highest BCUT2D eigenvalue weighted by atomic mass is 19.4. The molecule has 0 radical (unpaired) electrons. The van der Waals surface area contributed by atoms with Crippen LogP contribution in [0.2, 0.25) is 0 Å². The van der Waals surface area contributed by atoms with Crippen LogP contribution in [0.1, 0.15) is 38.4 Å². The zero-order chi connectivity index (χ0) is 15.8. The van der Waals surface area contributed by atoms with Crippen LogP contribution >= 0.6 is 0 Å². The van der Waals surface area contributed by atoms with Gasteiger partial charge in [-0.1, -0.05) is 5.16 Å². The third-order valence-electron chi connectivity index (χ3n) is 3.76. The summed E-state index contributed by atoms with van der Waals surface area (Å²) in [5.74, 6) is -2.02. The molecule has 0 bridgehead atoms. The van der Waals surface area contributed by atoms with Crippen LogP contribution in [0.3, 0.4) is 0 Å². The van der Waals surface area contributed by atoms with Crippen molar-refractivity contribution >= 4 is 0 Å². The molecule has 0 aromatic carbocycles. The highest BCUT2D eigenvalue weighted by Gasteiger charge is 2.53. The van der Waals surface area contributed by atoms with E-state index in [1.54, 1.807) is 4.90 Å². The van der Waals surface area contributed by atoms with Crippen molar-refractivity contribution < 1.29 is 22.4 Å². The molecule has 2 rings (SSSR count). The minimum atomic E-state index is -4.29. The Morgan fingerprint density at radius 2 is 1.95 bits per heavy atom. The van der Waals surface area contributed by atoms with Gasteiger partial charge in [0.15, 0.2) is 5.82 Å². The summed E-state index contributed by atoms with van der Waals surface area (Å²) in [5.41, 5.74) is -0.340. The summed E-state index contributed by atoms with van der Waals surface area (Å²) in [5, 5.41) is 3.66. The van der Waals surface area contributed by atoms with Gasteiger partial charge in [-0.05, 0) is 20.8 Å². The van der Waals surface area contributed by atoms with Gasteiger partial charge < -0.3 is 9.26 Å². The fourth-order valence-electron chi connectivity index (χ4n) is 2.54. The van der Waals surface area contributed by atoms with Gasteiger partial charge in [-0.25, -0.2) is 0 Å². The average Bonchev–Trinajstić information content (AvgIpc) is 2.91. The molecule has 0 aliphatic carbocycles. The molecule has 1 aromatic heterocycles. The third kappa shape index (κ3) is 3.55. The minimum absolute atomic E-state index is 0.0381. The molecule has 120 valence electrons. The van der Waals surface area contributed by atoms with Crippen LogP contribution in [0.4, 0.5) is 13.2 Å². The average molecular weight is 307 g/mol. The second-order valence-electron chi connectivity index (χ2n) is 6.31. The summed E-state index contributed by atoms with van der Waals surface area (Å²) in [4.78, 5) is 5.83. The summed E-state index contributed by atoms with van der Waals surface area (Å²) < 4.78 is 49.7. The molecule has 1 fully saturated rings. The van der Waals surface area contributed by atoms with Gasteiger partial charge in [-0.2, -0.15) is 18.2 Å². The molecule has 1 aromatic rings. The van der Waals surface area contributed by atoms with Gasteiger partial charge >= 0.3 is 6.18 Å². The van der Waals surface area contributed by atoms with Crippen molar-refractivity contribution in [1.82, 2.24) is 15.0 Å². The molecular weight excluding hydrogens is 287 g/mol. The fourth-order valence-corrected chi connectivity index (χ4v) is 2.54. The molecule has 2 atom stereocenters. The number of halogens is 3. The van der Waals surface area contributed by atoms with E-state index in [1.807, 2.05) is 20.8 Å². The smallest absolute Gasteiger partial charge is 0.377 e. The summed E-state index contributed by atoms with van der Waals surface area (Å²) in [6.07, 6.45) is -4.29.